The summed E-state index contributed by atoms with van der Waals surface area (Å²) in [5.41, 5.74) is 0. The fourth-order valence-electron chi connectivity index (χ4n) is 2.26. The van der Waals surface area contributed by atoms with E-state index >= 15 is 0 Å². The molecular formula is C13H24N2O2S2. The maximum absolute atomic E-state index is 12.4. The molecule has 2 N–H and O–H groups in total. The van der Waals surface area contributed by atoms with Gasteiger partial charge in [0.05, 0.1) is 4.90 Å². The Labute approximate surface area is 120 Å². The van der Waals surface area contributed by atoms with Gasteiger partial charge in [-0.05, 0) is 31.3 Å². The minimum absolute atomic E-state index is 0.0395. The van der Waals surface area contributed by atoms with Gasteiger partial charge in [0.15, 0.2) is 0 Å². The third-order valence-corrected chi connectivity index (χ3v) is 6.12. The number of hydrogen-bond donors (Lipinski definition) is 2. The highest BCUT2D eigenvalue weighted by Gasteiger charge is 2.24. The van der Waals surface area contributed by atoms with Crippen molar-refractivity contribution in [2.24, 2.45) is 5.92 Å². The van der Waals surface area contributed by atoms with Crippen LogP contribution in [0.4, 0.5) is 0 Å². The number of hydrogen-bond acceptors (Lipinski definition) is 4. The molecule has 0 aliphatic heterocycles. The van der Waals surface area contributed by atoms with Gasteiger partial charge in [-0.2, -0.15) is 0 Å². The first kappa shape index (κ1) is 16.6. The van der Waals surface area contributed by atoms with Crippen LogP contribution in [0, 0.1) is 5.92 Å². The molecule has 0 radical (unpaired) electrons. The first-order valence-corrected chi connectivity index (χ1v) is 9.05. The molecule has 0 amide bonds. The maximum atomic E-state index is 12.4. The van der Waals surface area contributed by atoms with Crippen molar-refractivity contribution in [1.82, 2.24) is 10.0 Å². The summed E-state index contributed by atoms with van der Waals surface area (Å²) in [6.07, 6.45) is 1.96. The molecule has 0 aliphatic rings. The number of sulfonamides is 1. The molecule has 0 fully saturated rings. The van der Waals surface area contributed by atoms with Gasteiger partial charge in [-0.1, -0.05) is 26.7 Å². The zero-order chi connectivity index (χ0) is 14.5. The molecule has 1 atom stereocenters. The van der Waals surface area contributed by atoms with Crippen molar-refractivity contribution in [3.63, 3.8) is 0 Å². The van der Waals surface area contributed by atoms with Gasteiger partial charge in [0.25, 0.3) is 0 Å². The van der Waals surface area contributed by atoms with Crippen LogP contribution in [0.5, 0.6) is 0 Å². The minimum Gasteiger partial charge on any atom is -0.315 e. The number of nitrogens with one attached hydrogen (secondary N) is 2. The molecule has 0 bridgehead atoms. The fourth-order valence-corrected chi connectivity index (χ4v) is 5.03. The van der Waals surface area contributed by atoms with E-state index in [0.29, 0.717) is 17.4 Å². The molecule has 1 aromatic rings. The second-order valence-corrected chi connectivity index (χ2v) is 7.41. The molecule has 110 valence electrons. The molecule has 0 aromatic carbocycles. The van der Waals surface area contributed by atoms with Gasteiger partial charge in [0.2, 0.25) is 10.0 Å². The van der Waals surface area contributed by atoms with Gasteiger partial charge in [-0.25, -0.2) is 13.1 Å². The highest BCUT2D eigenvalue weighted by Crippen LogP contribution is 2.23. The summed E-state index contributed by atoms with van der Waals surface area (Å²) in [7, 11) is -1.60. The molecular weight excluding hydrogens is 280 g/mol. The lowest BCUT2D eigenvalue weighted by Gasteiger charge is -2.22. The Hall–Kier alpha value is -0.430. The Balaban J connectivity index is 2.89. The Bertz CT molecular complexity index is 479. The van der Waals surface area contributed by atoms with Crippen LogP contribution in [-0.4, -0.2) is 21.5 Å². The largest absolute Gasteiger partial charge is 0.315 e. The summed E-state index contributed by atoms with van der Waals surface area (Å²) >= 11 is 1.47. The first-order chi connectivity index (χ1) is 8.96. The summed E-state index contributed by atoms with van der Waals surface area (Å²) in [6.45, 7) is 6.71. The van der Waals surface area contributed by atoms with Crippen molar-refractivity contribution in [3.8, 4) is 0 Å². The molecule has 0 spiro atoms. The first-order valence-electron chi connectivity index (χ1n) is 6.69. The molecule has 4 nitrogen and oxygen atoms in total. The molecule has 1 heterocycles. The van der Waals surface area contributed by atoms with Crippen molar-refractivity contribution in [3.05, 3.63) is 16.3 Å². The van der Waals surface area contributed by atoms with Crippen LogP contribution in [-0.2, 0) is 16.6 Å². The molecule has 6 heteroatoms. The molecule has 1 rings (SSSR count). The highest BCUT2D eigenvalue weighted by atomic mass is 32.2. The van der Waals surface area contributed by atoms with Gasteiger partial charge in [0.1, 0.15) is 0 Å². The molecule has 19 heavy (non-hydrogen) atoms. The van der Waals surface area contributed by atoms with Crippen LogP contribution in [0.1, 0.15) is 38.5 Å². The van der Waals surface area contributed by atoms with E-state index in [-0.39, 0.29) is 6.04 Å². The van der Waals surface area contributed by atoms with Crippen molar-refractivity contribution in [2.45, 2.75) is 51.1 Å². The number of thiophene rings is 1. The average Bonchev–Trinajstić information content (AvgIpc) is 2.79. The second-order valence-electron chi connectivity index (χ2n) is 4.72. The summed E-state index contributed by atoms with van der Waals surface area (Å²) in [5.74, 6) is 0.376. The van der Waals surface area contributed by atoms with Crippen molar-refractivity contribution >= 4 is 21.4 Å². The lowest BCUT2D eigenvalue weighted by molar-refractivity contribution is 0.390. The van der Waals surface area contributed by atoms with Crippen LogP contribution >= 0.6 is 11.3 Å². The summed E-state index contributed by atoms with van der Waals surface area (Å²) < 4.78 is 27.6. The topological polar surface area (TPSA) is 58.2 Å². The summed E-state index contributed by atoms with van der Waals surface area (Å²) in [6, 6.07) is 1.64. The van der Waals surface area contributed by atoms with Crippen LogP contribution in [0.15, 0.2) is 16.3 Å². The van der Waals surface area contributed by atoms with Crippen LogP contribution in [0.3, 0.4) is 0 Å². The number of rotatable bonds is 8. The Morgan fingerprint density at radius 3 is 2.47 bits per heavy atom. The van der Waals surface area contributed by atoms with E-state index in [0.717, 1.165) is 17.7 Å². The van der Waals surface area contributed by atoms with Gasteiger partial charge in [-0.15, -0.1) is 11.3 Å². The maximum Gasteiger partial charge on any atom is 0.241 e. The van der Waals surface area contributed by atoms with Crippen molar-refractivity contribution in [1.29, 1.82) is 0 Å². The lowest BCUT2D eigenvalue weighted by Crippen LogP contribution is -2.38. The average molecular weight is 304 g/mol. The SMILES string of the molecule is CCC(CC)C(C)NS(=O)(=O)c1ccsc1CNC. The van der Waals surface area contributed by atoms with Gasteiger partial charge in [0, 0.05) is 17.5 Å². The van der Waals surface area contributed by atoms with E-state index in [4.69, 9.17) is 0 Å². The van der Waals surface area contributed by atoms with Crippen molar-refractivity contribution in [2.75, 3.05) is 7.05 Å². The quantitative estimate of drug-likeness (QED) is 0.776. The van der Waals surface area contributed by atoms with E-state index in [1.165, 1.54) is 11.3 Å². The predicted octanol–water partition coefficient (Wildman–Crippen LogP) is 2.57. The normalized spacial score (nSPS) is 13.9. The van der Waals surface area contributed by atoms with E-state index in [9.17, 15) is 8.42 Å². The lowest BCUT2D eigenvalue weighted by atomic mass is 9.96. The predicted molar refractivity (Wildman–Crippen MR) is 80.9 cm³/mol. The third-order valence-electron chi connectivity index (χ3n) is 3.43. The van der Waals surface area contributed by atoms with Crippen LogP contribution in [0.25, 0.3) is 0 Å². The minimum atomic E-state index is -3.41. The van der Waals surface area contributed by atoms with Gasteiger partial charge in [-0.3, -0.25) is 0 Å². The Morgan fingerprint density at radius 1 is 1.32 bits per heavy atom. The van der Waals surface area contributed by atoms with E-state index < -0.39 is 10.0 Å². The fraction of sp³-hybridized carbons (Fsp3) is 0.692. The molecule has 0 saturated heterocycles. The standard InChI is InChI=1S/C13H24N2O2S2/c1-5-11(6-2)10(3)15-19(16,17)13-7-8-18-12(13)9-14-4/h7-8,10-11,14-15H,5-6,9H2,1-4H3. The van der Waals surface area contributed by atoms with Gasteiger partial charge < -0.3 is 5.32 Å². The van der Waals surface area contributed by atoms with E-state index in [1.807, 2.05) is 19.4 Å². The third kappa shape index (κ3) is 4.27. The zero-order valence-electron chi connectivity index (χ0n) is 12.1. The molecule has 0 saturated carbocycles. The van der Waals surface area contributed by atoms with E-state index in [1.54, 1.807) is 6.07 Å². The van der Waals surface area contributed by atoms with E-state index in [2.05, 4.69) is 23.9 Å². The highest BCUT2D eigenvalue weighted by molar-refractivity contribution is 7.89. The van der Waals surface area contributed by atoms with Crippen LogP contribution < -0.4 is 10.0 Å². The zero-order valence-corrected chi connectivity index (χ0v) is 13.7. The summed E-state index contributed by atoms with van der Waals surface area (Å²) in [4.78, 5) is 1.26. The second kappa shape index (κ2) is 7.38. The smallest absolute Gasteiger partial charge is 0.241 e. The Morgan fingerprint density at radius 2 is 1.95 bits per heavy atom. The van der Waals surface area contributed by atoms with Gasteiger partial charge >= 0.3 is 0 Å². The van der Waals surface area contributed by atoms with Crippen molar-refractivity contribution < 1.29 is 8.42 Å². The molecule has 0 aliphatic carbocycles. The van der Waals surface area contributed by atoms with Crippen LogP contribution in [0.2, 0.25) is 0 Å². The Kier molecular flexibility index (Phi) is 6.46. The molecule has 1 unspecified atom stereocenters. The summed E-state index contributed by atoms with van der Waals surface area (Å²) in [5, 5.41) is 4.82. The monoisotopic (exact) mass is 304 g/mol. The molecule has 1 aromatic heterocycles.